The molecule has 0 spiro atoms. The minimum atomic E-state index is -1.11. The number of nitrogens with zero attached hydrogens (tertiary/aromatic N) is 1. The summed E-state index contributed by atoms with van der Waals surface area (Å²) in [4.78, 5) is 35.5. The van der Waals surface area contributed by atoms with Crippen molar-refractivity contribution < 1.29 is 14.5 Å². The van der Waals surface area contributed by atoms with Gasteiger partial charge in [-0.2, -0.15) is 0 Å². The first-order valence-corrected chi connectivity index (χ1v) is 7.75. The Morgan fingerprint density at radius 2 is 1.67 bits per heavy atom. The van der Waals surface area contributed by atoms with Gasteiger partial charge in [-0.25, -0.2) is 0 Å². The molecule has 124 valence electrons. The lowest BCUT2D eigenvalue weighted by Gasteiger charge is -2.21. The molecule has 0 bridgehead atoms. The van der Waals surface area contributed by atoms with Gasteiger partial charge in [0.15, 0.2) is 5.78 Å². The Balaban J connectivity index is 2.44. The molecule has 0 aliphatic heterocycles. The van der Waals surface area contributed by atoms with Gasteiger partial charge in [0.2, 0.25) is 6.54 Å². The summed E-state index contributed by atoms with van der Waals surface area (Å²) in [5, 5.41) is 11.5. The molecule has 24 heavy (non-hydrogen) atoms. The Labute approximate surface area is 144 Å². The molecule has 0 fully saturated rings. The highest BCUT2D eigenvalue weighted by Crippen LogP contribution is 2.29. The molecule has 0 aliphatic rings. The highest BCUT2D eigenvalue weighted by molar-refractivity contribution is 6.30. The van der Waals surface area contributed by atoms with Gasteiger partial charge in [-0.05, 0) is 36.8 Å². The summed E-state index contributed by atoms with van der Waals surface area (Å²) in [6.07, 6.45) is 0. The number of carbonyl (C=O) groups excluding carboxylic acids is 2. The average molecular weight is 346 g/mol. The van der Waals surface area contributed by atoms with Gasteiger partial charge in [-0.15, -0.1) is 0 Å². The van der Waals surface area contributed by atoms with Crippen LogP contribution in [-0.2, 0) is 4.79 Å². The SMILES string of the molecule is CC(=O)C(C(=O)c1ccc(Cl)cc1)[C@H](C[N+](=O)[O-])c1ccccc1. The van der Waals surface area contributed by atoms with Crippen molar-refractivity contribution in [2.75, 3.05) is 6.54 Å². The van der Waals surface area contributed by atoms with Crippen molar-refractivity contribution in [2.24, 2.45) is 5.92 Å². The van der Waals surface area contributed by atoms with Crippen molar-refractivity contribution in [1.29, 1.82) is 0 Å². The standard InChI is InChI=1S/C18H16ClNO4/c1-12(21)17(18(22)14-7-9-15(19)10-8-14)16(11-20(23)24)13-5-3-2-4-6-13/h2-10,16-17H,11H2,1H3/t16-,17?/m1/s1. The highest BCUT2D eigenvalue weighted by atomic mass is 35.5. The lowest BCUT2D eigenvalue weighted by atomic mass is 9.79. The topological polar surface area (TPSA) is 77.3 Å². The Kier molecular flexibility index (Phi) is 5.82. The van der Waals surface area contributed by atoms with Crippen LogP contribution in [0.15, 0.2) is 54.6 Å². The minimum Gasteiger partial charge on any atom is -0.299 e. The summed E-state index contributed by atoms with van der Waals surface area (Å²) in [6.45, 7) is 0.794. The fourth-order valence-corrected chi connectivity index (χ4v) is 2.83. The molecule has 0 saturated carbocycles. The van der Waals surface area contributed by atoms with E-state index in [1.807, 2.05) is 0 Å². The average Bonchev–Trinajstić information content (AvgIpc) is 2.55. The predicted octanol–water partition coefficient (Wildman–Crippen LogP) is 3.79. The van der Waals surface area contributed by atoms with E-state index >= 15 is 0 Å². The van der Waals surface area contributed by atoms with Crippen molar-refractivity contribution in [3.63, 3.8) is 0 Å². The summed E-state index contributed by atoms with van der Waals surface area (Å²) < 4.78 is 0. The first kappa shape index (κ1) is 17.8. The third-order valence-electron chi connectivity index (χ3n) is 3.83. The van der Waals surface area contributed by atoms with Crippen LogP contribution in [0.5, 0.6) is 0 Å². The van der Waals surface area contributed by atoms with E-state index in [1.54, 1.807) is 42.5 Å². The number of ketones is 2. The van der Waals surface area contributed by atoms with Gasteiger partial charge in [-0.1, -0.05) is 41.9 Å². The smallest absolute Gasteiger partial charge is 0.211 e. The van der Waals surface area contributed by atoms with Crippen LogP contribution in [0.2, 0.25) is 5.02 Å². The summed E-state index contributed by atoms with van der Waals surface area (Å²) in [5.41, 5.74) is 0.903. The van der Waals surface area contributed by atoms with Crippen molar-refractivity contribution in [3.05, 3.63) is 80.9 Å². The van der Waals surface area contributed by atoms with Crippen LogP contribution in [0, 0.1) is 16.0 Å². The van der Waals surface area contributed by atoms with Gasteiger partial charge >= 0.3 is 0 Å². The number of Topliss-reactive ketones (excluding diaryl/α,β-unsaturated/α-hetero) is 2. The van der Waals surface area contributed by atoms with Crippen LogP contribution in [0.25, 0.3) is 0 Å². The number of hydrogen-bond acceptors (Lipinski definition) is 4. The zero-order valence-corrected chi connectivity index (χ0v) is 13.8. The van der Waals surface area contributed by atoms with Gasteiger partial charge < -0.3 is 0 Å². The molecule has 0 saturated heterocycles. The zero-order valence-electron chi connectivity index (χ0n) is 13.0. The summed E-state index contributed by atoms with van der Waals surface area (Å²) >= 11 is 5.82. The highest BCUT2D eigenvalue weighted by Gasteiger charge is 2.37. The van der Waals surface area contributed by atoms with E-state index in [9.17, 15) is 19.7 Å². The predicted molar refractivity (Wildman–Crippen MR) is 91.0 cm³/mol. The number of carbonyl (C=O) groups is 2. The quantitative estimate of drug-likeness (QED) is 0.331. The third-order valence-corrected chi connectivity index (χ3v) is 4.08. The molecular weight excluding hydrogens is 330 g/mol. The van der Waals surface area contributed by atoms with Crippen LogP contribution in [0.1, 0.15) is 28.8 Å². The summed E-state index contributed by atoms with van der Waals surface area (Å²) in [6, 6.07) is 14.8. The molecule has 2 aromatic rings. The van der Waals surface area contributed by atoms with E-state index in [0.29, 0.717) is 16.1 Å². The number of hydrogen-bond donors (Lipinski definition) is 0. The van der Waals surface area contributed by atoms with Crippen molar-refractivity contribution >= 4 is 23.2 Å². The normalized spacial score (nSPS) is 13.1. The number of rotatable bonds is 7. The largest absolute Gasteiger partial charge is 0.299 e. The molecule has 6 heteroatoms. The van der Waals surface area contributed by atoms with Gasteiger partial charge in [0.05, 0.1) is 11.8 Å². The second kappa shape index (κ2) is 7.84. The van der Waals surface area contributed by atoms with E-state index in [-0.39, 0.29) is 0 Å². The maximum atomic E-state index is 12.8. The monoisotopic (exact) mass is 345 g/mol. The first-order valence-electron chi connectivity index (χ1n) is 7.37. The molecule has 1 unspecified atom stereocenters. The Bertz CT molecular complexity index is 743. The van der Waals surface area contributed by atoms with E-state index in [4.69, 9.17) is 11.6 Å². The lowest BCUT2D eigenvalue weighted by Crippen LogP contribution is -2.32. The van der Waals surface area contributed by atoms with E-state index in [0.717, 1.165) is 0 Å². The summed E-state index contributed by atoms with van der Waals surface area (Å²) in [5.74, 6) is -2.76. The van der Waals surface area contributed by atoms with E-state index < -0.39 is 34.9 Å². The fourth-order valence-electron chi connectivity index (χ4n) is 2.71. The number of benzene rings is 2. The van der Waals surface area contributed by atoms with Crippen LogP contribution in [-0.4, -0.2) is 23.0 Å². The van der Waals surface area contributed by atoms with Gasteiger partial charge in [-0.3, -0.25) is 19.7 Å². The molecule has 0 aromatic heterocycles. The van der Waals surface area contributed by atoms with Gasteiger partial charge in [0.25, 0.3) is 0 Å². The maximum absolute atomic E-state index is 12.8. The number of nitro groups is 1. The van der Waals surface area contributed by atoms with Crippen LogP contribution >= 0.6 is 11.6 Å². The maximum Gasteiger partial charge on any atom is 0.211 e. The van der Waals surface area contributed by atoms with Gasteiger partial charge in [0.1, 0.15) is 5.78 Å². The molecule has 0 aliphatic carbocycles. The zero-order chi connectivity index (χ0) is 17.7. The molecular formula is C18H16ClNO4. The Morgan fingerprint density at radius 1 is 1.08 bits per heavy atom. The van der Waals surface area contributed by atoms with E-state index in [1.165, 1.54) is 19.1 Å². The minimum absolute atomic E-state index is 0.309. The summed E-state index contributed by atoms with van der Waals surface area (Å²) in [7, 11) is 0. The van der Waals surface area contributed by atoms with Crippen molar-refractivity contribution in [3.8, 4) is 0 Å². The Morgan fingerprint density at radius 3 is 2.17 bits per heavy atom. The van der Waals surface area contributed by atoms with Crippen LogP contribution in [0.3, 0.4) is 0 Å². The molecule has 0 heterocycles. The molecule has 0 amide bonds. The third kappa shape index (κ3) is 4.26. The molecule has 0 N–H and O–H groups in total. The van der Waals surface area contributed by atoms with E-state index in [2.05, 4.69) is 0 Å². The van der Waals surface area contributed by atoms with Crippen LogP contribution < -0.4 is 0 Å². The number of halogens is 1. The van der Waals surface area contributed by atoms with Gasteiger partial charge in [0, 0.05) is 15.5 Å². The van der Waals surface area contributed by atoms with Crippen LogP contribution in [0.4, 0.5) is 0 Å². The molecule has 5 nitrogen and oxygen atoms in total. The Hall–Kier alpha value is -2.53. The van der Waals surface area contributed by atoms with Crippen molar-refractivity contribution in [1.82, 2.24) is 0 Å². The fraction of sp³-hybridized carbons (Fsp3) is 0.222. The molecule has 2 aromatic carbocycles. The lowest BCUT2D eigenvalue weighted by molar-refractivity contribution is -0.484. The first-order chi connectivity index (χ1) is 11.4. The molecule has 2 atom stereocenters. The second-order valence-electron chi connectivity index (χ2n) is 5.49. The second-order valence-corrected chi connectivity index (χ2v) is 5.93. The van der Waals surface area contributed by atoms with Crippen molar-refractivity contribution in [2.45, 2.75) is 12.8 Å². The molecule has 0 radical (unpaired) electrons. The molecule has 2 rings (SSSR count).